The van der Waals surface area contributed by atoms with Crippen LogP contribution in [0.2, 0.25) is 0 Å². The number of fused-ring (bicyclic) bond motifs is 2. The molecular formula is C19H17N3S2. The number of hydrogen-bond donors (Lipinski definition) is 1. The average Bonchev–Trinajstić information content (AvgIpc) is 3.14. The van der Waals surface area contributed by atoms with Gasteiger partial charge in [0, 0.05) is 17.1 Å². The summed E-state index contributed by atoms with van der Waals surface area (Å²) in [6, 6.07) is 16.6. The lowest BCUT2D eigenvalue weighted by atomic mass is 10.3. The number of allylic oxidation sites excluding steroid dienone is 1. The molecular weight excluding hydrogens is 334 g/mol. The number of thioether (sulfide) groups is 1. The maximum Gasteiger partial charge on any atom is 0.119 e. The van der Waals surface area contributed by atoms with Gasteiger partial charge in [0.1, 0.15) is 5.01 Å². The Morgan fingerprint density at radius 2 is 1.96 bits per heavy atom. The molecule has 2 aromatic carbocycles. The maximum absolute atomic E-state index is 6.27. The summed E-state index contributed by atoms with van der Waals surface area (Å²) < 4.78 is 1.18. The lowest BCUT2D eigenvalue weighted by Gasteiger charge is -2.17. The summed E-state index contributed by atoms with van der Waals surface area (Å²) in [4.78, 5) is 8.19. The van der Waals surface area contributed by atoms with Gasteiger partial charge in [0.25, 0.3) is 0 Å². The van der Waals surface area contributed by atoms with Gasteiger partial charge in [-0.05, 0) is 43.3 Å². The molecule has 0 bridgehead atoms. The van der Waals surface area contributed by atoms with Crippen molar-refractivity contribution in [3.63, 3.8) is 0 Å². The molecule has 3 aromatic rings. The van der Waals surface area contributed by atoms with Crippen LogP contribution in [0.3, 0.4) is 0 Å². The molecule has 1 aliphatic heterocycles. The smallest absolute Gasteiger partial charge is 0.119 e. The van der Waals surface area contributed by atoms with Crippen molar-refractivity contribution in [2.24, 2.45) is 5.73 Å². The van der Waals surface area contributed by atoms with E-state index in [1.807, 2.05) is 30.4 Å². The van der Waals surface area contributed by atoms with Gasteiger partial charge in [0.15, 0.2) is 0 Å². The van der Waals surface area contributed by atoms with E-state index in [2.05, 4.69) is 47.1 Å². The molecule has 0 fully saturated rings. The number of anilines is 1. The number of rotatable bonds is 3. The number of para-hydroxylation sites is 2. The molecule has 0 atom stereocenters. The van der Waals surface area contributed by atoms with Crippen LogP contribution in [-0.2, 0) is 0 Å². The molecule has 0 saturated carbocycles. The first-order valence-electron chi connectivity index (χ1n) is 7.83. The fraction of sp³-hybridized carbons (Fsp3) is 0.105. The average molecular weight is 352 g/mol. The van der Waals surface area contributed by atoms with Crippen LogP contribution in [0, 0.1) is 0 Å². The molecule has 0 unspecified atom stereocenters. The van der Waals surface area contributed by atoms with Crippen LogP contribution >= 0.6 is 23.1 Å². The standard InChI is InChI=1S/C19H17N3S2/c1-2-22-15-8-4-6-10-17(15)24-19(22)12-13(20)11-18-21-14-7-3-5-9-16(14)23-18/h3-12H,2,20H2,1H3/b13-11-,19-12-. The number of aromatic nitrogens is 1. The molecule has 0 aliphatic carbocycles. The van der Waals surface area contributed by atoms with Crippen LogP contribution in [0.15, 0.2) is 70.2 Å². The SMILES string of the molecule is CCN1/C(=C/C(N)=C/c2nc3ccccc3s2)Sc2ccccc21. The van der Waals surface area contributed by atoms with Crippen LogP contribution in [0.5, 0.6) is 0 Å². The maximum atomic E-state index is 6.27. The number of thiazole rings is 1. The zero-order valence-corrected chi connectivity index (χ0v) is 14.9. The van der Waals surface area contributed by atoms with Gasteiger partial charge < -0.3 is 10.6 Å². The van der Waals surface area contributed by atoms with E-state index in [9.17, 15) is 0 Å². The van der Waals surface area contributed by atoms with E-state index in [0.29, 0.717) is 0 Å². The Balaban J connectivity index is 1.65. The van der Waals surface area contributed by atoms with E-state index >= 15 is 0 Å². The zero-order chi connectivity index (χ0) is 16.5. The number of benzene rings is 2. The second-order valence-corrected chi connectivity index (χ2v) is 7.59. The molecule has 0 radical (unpaired) electrons. The molecule has 120 valence electrons. The monoisotopic (exact) mass is 351 g/mol. The summed E-state index contributed by atoms with van der Waals surface area (Å²) in [5.74, 6) is 0. The van der Waals surface area contributed by atoms with Crippen molar-refractivity contribution in [3.8, 4) is 0 Å². The third-order valence-electron chi connectivity index (χ3n) is 3.84. The highest BCUT2D eigenvalue weighted by molar-refractivity contribution is 8.03. The van der Waals surface area contributed by atoms with Gasteiger partial charge in [-0.1, -0.05) is 36.0 Å². The molecule has 0 amide bonds. The summed E-state index contributed by atoms with van der Waals surface area (Å²) in [6.07, 6.45) is 4.00. The van der Waals surface area contributed by atoms with Crippen LogP contribution < -0.4 is 10.6 Å². The van der Waals surface area contributed by atoms with Crippen LogP contribution in [0.25, 0.3) is 16.3 Å². The van der Waals surface area contributed by atoms with Crippen molar-refractivity contribution in [1.29, 1.82) is 0 Å². The Kier molecular flexibility index (Phi) is 4.04. The van der Waals surface area contributed by atoms with Gasteiger partial charge in [-0.15, -0.1) is 11.3 Å². The summed E-state index contributed by atoms with van der Waals surface area (Å²) in [5.41, 5.74) is 9.27. The quantitative estimate of drug-likeness (QED) is 0.715. The number of nitrogens with zero attached hydrogens (tertiary/aromatic N) is 2. The Hall–Kier alpha value is -2.24. The molecule has 1 aromatic heterocycles. The highest BCUT2D eigenvalue weighted by Crippen LogP contribution is 2.45. The molecule has 0 saturated heterocycles. The molecule has 2 heterocycles. The first kappa shape index (κ1) is 15.3. The molecule has 0 spiro atoms. The van der Waals surface area contributed by atoms with Crippen LogP contribution in [-0.4, -0.2) is 11.5 Å². The predicted octanol–water partition coefficient (Wildman–Crippen LogP) is 5.07. The minimum absolute atomic E-state index is 0.725. The van der Waals surface area contributed by atoms with E-state index < -0.39 is 0 Å². The first-order chi connectivity index (χ1) is 11.7. The van der Waals surface area contributed by atoms with Gasteiger partial charge >= 0.3 is 0 Å². The minimum atomic E-state index is 0.725. The van der Waals surface area contributed by atoms with Gasteiger partial charge in [-0.25, -0.2) is 4.98 Å². The highest BCUT2D eigenvalue weighted by Gasteiger charge is 2.23. The fourth-order valence-electron chi connectivity index (χ4n) is 2.77. The lowest BCUT2D eigenvalue weighted by molar-refractivity contribution is 1.00. The van der Waals surface area contributed by atoms with Crippen molar-refractivity contribution < 1.29 is 0 Å². The lowest BCUT2D eigenvalue weighted by Crippen LogP contribution is -2.17. The Bertz CT molecular complexity index is 923. The van der Waals surface area contributed by atoms with Crippen molar-refractivity contribution in [1.82, 2.24) is 4.98 Å². The van der Waals surface area contributed by atoms with E-state index in [4.69, 9.17) is 5.73 Å². The third-order valence-corrected chi connectivity index (χ3v) is 5.94. The van der Waals surface area contributed by atoms with Crippen LogP contribution in [0.4, 0.5) is 5.69 Å². The Morgan fingerprint density at radius 3 is 2.79 bits per heavy atom. The van der Waals surface area contributed by atoms with Crippen molar-refractivity contribution in [2.75, 3.05) is 11.4 Å². The molecule has 4 rings (SSSR count). The van der Waals surface area contributed by atoms with Gasteiger partial charge in [0.05, 0.1) is 20.9 Å². The second kappa shape index (κ2) is 6.34. The minimum Gasteiger partial charge on any atom is -0.399 e. The summed E-state index contributed by atoms with van der Waals surface area (Å²) in [7, 11) is 0. The number of nitrogens with two attached hydrogens (primary N) is 1. The van der Waals surface area contributed by atoms with Crippen molar-refractivity contribution in [3.05, 3.63) is 70.3 Å². The van der Waals surface area contributed by atoms with Crippen LogP contribution in [0.1, 0.15) is 11.9 Å². The molecule has 2 N–H and O–H groups in total. The van der Waals surface area contributed by atoms with Gasteiger partial charge in [-0.2, -0.15) is 0 Å². The molecule has 5 heteroatoms. The van der Waals surface area contributed by atoms with Gasteiger partial charge in [0.2, 0.25) is 0 Å². The van der Waals surface area contributed by atoms with E-state index in [-0.39, 0.29) is 0 Å². The first-order valence-corrected chi connectivity index (χ1v) is 9.47. The zero-order valence-electron chi connectivity index (χ0n) is 13.3. The van der Waals surface area contributed by atoms with E-state index in [1.165, 1.54) is 15.3 Å². The molecule has 1 aliphatic rings. The highest BCUT2D eigenvalue weighted by atomic mass is 32.2. The summed E-state index contributed by atoms with van der Waals surface area (Å²) in [6.45, 7) is 3.08. The van der Waals surface area contributed by atoms with E-state index in [1.54, 1.807) is 23.1 Å². The fourth-order valence-corrected chi connectivity index (χ4v) is 4.88. The summed E-state index contributed by atoms with van der Waals surface area (Å²) >= 11 is 3.42. The second-order valence-electron chi connectivity index (χ2n) is 5.46. The Morgan fingerprint density at radius 1 is 1.17 bits per heavy atom. The largest absolute Gasteiger partial charge is 0.399 e. The topological polar surface area (TPSA) is 42.1 Å². The van der Waals surface area contributed by atoms with Gasteiger partial charge in [-0.3, -0.25) is 0 Å². The molecule has 24 heavy (non-hydrogen) atoms. The summed E-state index contributed by atoms with van der Waals surface area (Å²) in [5, 5.41) is 2.10. The Labute approximate surface area is 149 Å². The van der Waals surface area contributed by atoms with E-state index in [0.717, 1.165) is 27.8 Å². The molecule has 3 nitrogen and oxygen atoms in total. The van der Waals surface area contributed by atoms with Crippen molar-refractivity contribution in [2.45, 2.75) is 11.8 Å². The number of hydrogen-bond acceptors (Lipinski definition) is 5. The normalized spacial score (nSPS) is 16.1. The predicted molar refractivity (Wildman–Crippen MR) is 105 cm³/mol. The third kappa shape index (κ3) is 2.81. The van der Waals surface area contributed by atoms with Crippen molar-refractivity contribution >= 4 is 45.1 Å².